The first-order chi connectivity index (χ1) is 5.16. The smallest absolute Gasteiger partial charge is 0.258 e. The van der Waals surface area contributed by atoms with E-state index in [9.17, 15) is 10.1 Å². The third-order valence-corrected chi connectivity index (χ3v) is 2.76. The quantitative estimate of drug-likeness (QED) is 0.507. The van der Waals surface area contributed by atoms with Crippen LogP contribution in [0.3, 0.4) is 0 Å². The van der Waals surface area contributed by atoms with Crippen LogP contribution in [0.1, 0.15) is 17.4 Å². The van der Waals surface area contributed by atoms with Gasteiger partial charge in [0.05, 0.1) is 9.80 Å². The zero-order valence-corrected chi connectivity index (χ0v) is 7.27. The van der Waals surface area contributed by atoms with Crippen LogP contribution in [0, 0.1) is 17.0 Å². The Labute approximate surface area is 68.8 Å². The first-order valence-electron chi connectivity index (χ1n) is 3.38. The van der Waals surface area contributed by atoms with E-state index in [1.165, 1.54) is 11.3 Å². The van der Waals surface area contributed by atoms with Crippen LogP contribution in [0.2, 0.25) is 0 Å². The third kappa shape index (κ3) is 1.40. The number of nitrogens with zero attached hydrogens (tertiary/aromatic N) is 1. The first kappa shape index (κ1) is 8.20. The molecule has 1 heterocycles. The van der Waals surface area contributed by atoms with E-state index < -0.39 is 0 Å². The second-order valence-electron chi connectivity index (χ2n) is 2.30. The predicted molar refractivity (Wildman–Crippen MR) is 45.1 cm³/mol. The van der Waals surface area contributed by atoms with E-state index in [-0.39, 0.29) is 4.92 Å². The molecule has 0 spiro atoms. The molecule has 11 heavy (non-hydrogen) atoms. The summed E-state index contributed by atoms with van der Waals surface area (Å²) in [4.78, 5) is 11.0. The minimum Gasteiger partial charge on any atom is -0.258 e. The summed E-state index contributed by atoms with van der Waals surface area (Å²) in [5, 5.41) is 12.3. The molecule has 4 heteroatoms. The maximum absolute atomic E-state index is 10.5. The van der Waals surface area contributed by atoms with E-state index in [2.05, 4.69) is 0 Å². The maximum atomic E-state index is 10.5. The molecule has 0 atom stereocenters. The summed E-state index contributed by atoms with van der Waals surface area (Å²) in [5.41, 5.74) is 1.08. The maximum Gasteiger partial charge on any atom is 0.286 e. The zero-order valence-electron chi connectivity index (χ0n) is 6.46. The van der Waals surface area contributed by atoms with Crippen LogP contribution < -0.4 is 0 Å². The van der Waals surface area contributed by atoms with Crippen LogP contribution >= 0.6 is 11.3 Å². The Bertz CT molecular complexity index is 280. The van der Waals surface area contributed by atoms with Crippen LogP contribution in [0.15, 0.2) is 5.38 Å². The van der Waals surface area contributed by atoms with Crippen molar-refractivity contribution in [3.05, 3.63) is 25.9 Å². The minimum atomic E-state index is -0.301. The molecule has 0 bridgehead atoms. The van der Waals surface area contributed by atoms with E-state index in [0.29, 0.717) is 5.69 Å². The number of nitro groups is 1. The van der Waals surface area contributed by atoms with Gasteiger partial charge in [0.2, 0.25) is 0 Å². The van der Waals surface area contributed by atoms with Gasteiger partial charge in [-0.25, -0.2) is 0 Å². The van der Waals surface area contributed by atoms with Crippen molar-refractivity contribution < 1.29 is 4.92 Å². The van der Waals surface area contributed by atoms with E-state index >= 15 is 0 Å². The second-order valence-corrected chi connectivity index (χ2v) is 3.27. The molecule has 0 unspecified atom stereocenters. The molecular formula is C7H9NO2S. The molecule has 1 aromatic heterocycles. The Kier molecular flexibility index (Phi) is 2.24. The highest BCUT2D eigenvalue weighted by Gasteiger charge is 2.17. The lowest BCUT2D eigenvalue weighted by Gasteiger charge is -1.91. The van der Waals surface area contributed by atoms with Gasteiger partial charge in [-0.3, -0.25) is 10.1 Å². The minimum absolute atomic E-state index is 0.301. The van der Waals surface area contributed by atoms with Crippen molar-refractivity contribution in [2.24, 2.45) is 0 Å². The Morgan fingerprint density at radius 3 is 2.73 bits per heavy atom. The number of thiophene rings is 1. The molecule has 0 N–H and O–H groups in total. The monoisotopic (exact) mass is 171 g/mol. The molecular weight excluding hydrogens is 162 g/mol. The Hall–Kier alpha value is -0.900. The topological polar surface area (TPSA) is 43.1 Å². The van der Waals surface area contributed by atoms with Crippen LogP contribution in [-0.2, 0) is 6.42 Å². The van der Waals surface area contributed by atoms with Gasteiger partial charge in [0, 0.05) is 10.9 Å². The highest BCUT2D eigenvalue weighted by molar-refractivity contribution is 7.10. The van der Waals surface area contributed by atoms with E-state index in [0.717, 1.165) is 16.9 Å². The van der Waals surface area contributed by atoms with Crippen LogP contribution in [0.4, 0.5) is 5.69 Å². The Balaban J connectivity index is 3.17. The lowest BCUT2D eigenvalue weighted by atomic mass is 10.2. The predicted octanol–water partition coefficient (Wildman–Crippen LogP) is 2.53. The van der Waals surface area contributed by atoms with Crippen molar-refractivity contribution in [3.63, 3.8) is 0 Å². The summed E-state index contributed by atoms with van der Waals surface area (Å²) in [7, 11) is 0. The van der Waals surface area contributed by atoms with E-state index in [4.69, 9.17) is 0 Å². The highest BCUT2D eigenvalue weighted by atomic mass is 32.1. The number of hydrogen-bond acceptors (Lipinski definition) is 3. The molecule has 0 saturated heterocycles. The molecule has 0 aliphatic heterocycles. The average Bonchev–Trinajstić information content (AvgIpc) is 2.30. The fourth-order valence-corrected chi connectivity index (χ4v) is 1.93. The van der Waals surface area contributed by atoms with Crippen molar-refractivity contribution in [2.45, 2.75) is 20.3 Å². The van der Waals surface area contributed by atoms with Crippen molar-refractivity contribution in [1.29, 1.82) is 0 Å². The van der Waals surface area contributed by atoms with Crippen molar-refractivity contribution in [3.8, 4) is 0 Å². The van der Waals surface area contributed by atoms with E-state index in [1.807, 2.05) is 12.3 Å². The molecule has 1 rings (SSSR count). The highest BCUT2D eigenvalue weighted by Crippen LogP contribution is 2.29. The van der Waals surface area contributed by atoms with Crippen molar-refractivity contribution >= 4 is 17.0 Å². The summed E-state index contributed by atoms with van der Waals surface area (Å²) in [5.74, 6) is 0. The van der Waals surface area contributed by atoms with Gasteiger partial charge >= 0.3 is 0 Å². The molecule has 1 aromatic rings. The lowest BCUT2D eigenvalue weighted by molar-refractivity contribution is -0.385. The average molecular weight is 171 g/mol. The molecule has 0 aliphatic carbocycles. The first-order valence-corrected chi connectivity index (χ1v) is 4.26. The number of aryl methyl sites for hydroxylation is 2. The molecule has 0 aromatic carbocycles. The van der Waals surface area contributed by atoms with Gasteiger partial charge in [-0.15, -0.1) is 11.3 Å². The van der Waals surface area contributed by atoms with E-state index in [1.54, 1.807) is 6.92 Å². The number of hydrogen-bond donors (Lipinski definition) is 0. The summed E-state index contributed by atoms with van der Waals surface area (Å²) in [6.45, 7) is 3.70. The van der Waals surface area contributed by atoms with Crippen LogP contribution in [0.25, 0.3) is 0 Å². The normalized spacial score (nSPS) is 10.0. The zero-order chi connectivity index (χ0) is 8.43. The van der Waals surface area contributed by atoms with Crippen LogP contribution in [0.5, 0.6) is 0 Å². The molecule has 60 valence electrons. The van der Waals surface area contributed by atoms with Gasteiger partial charge in [0.1, 0.15) is 0 Å². The molecule has 0 fully saturated rings. The standard InChI is InChI=1S/C7H9NO2S/c1-3-6-7(8(9)10)5(2)4-11-6/h4H,3H2,1-2H3. The van der Waals surface area contributed by atoms with Crippen molar-refractivity contribution in [2.75, 3.05) is 0 Å². The second kappa shape index (κ2) is 3.00. The SMILES string of the molecule is CCc1scc(C)c1[N+](=O)[O-]. The molecule has 0 saturated carbocycles. The summed E-state index contributed by atoms with van der Waals surface area (Å²) < 4.78 is 0. The van der Waals surface area contributed by atoms with Gasteiger partial charge in [-0.05, 0) is 13.3 Å². The molecule has 0 amide bonds. The molecule has 3 nitrogen and oxygen atoms in total. The largest absolute Gasteiger partial charge is 0.286 e. The molecule has 0 aliphatic rings. The third-order valence-electron chi connectivity index (χ3n) is 1.52. The van der Waals surface area contributed by atoms with Gasteiger partial charge in [0.25, 0.3) is 5.69 Å². The van der Waals surface area contributed by atoms with Gasteiger partial charge in [-0.2, -0.15) is 0 Å². The fourth-order valence-electron chi connectivity index (χ4n) is 0.988. The summed E-state index contributed by atoms with van der Waals surface area (Å²) >= 11 is 1.46. The molecule has 0 radical (unpaired) electrons. The number of rotatable bonds is 2. The van der Waals surface area contributed by atoms with Gasteiger partial charge < -0.3 is 0 Å². The van der Waals surface area contributed by atoms with Crippen LogP contribution in [-0.4, -0.2) is 4.92 Å². The van der Waals surface area contributed by atoms with Gasteiger partial charge in [-0.1, -0.05) is 6.92 Å². The summed E-state index contributed by atoms with van der Waals surface area (Å²) in [6, 6.07) is 0. The van der Waals surface area contributed by atoms with Gasteiger partial charge in [0.15, 0.2) is 0 Å². The van der Waals surface area contributed by atoms with Crippen molar-refractivity contribution in [1.82, 2.24) is 0 Å². The Morgan fingerprint density at radius 2 is 2.36 bits per heavy atom. The lowest BCUT2D eigenvalue weighted by Crippen LogP contribution is -1.91. The Morgan fingerprint density at radius 1 is 1.73 bits per heavy atom. The fraction of sp³-hybridized carbons (Fsp3) is 0.429. The summed E-state index contributed by atoms with van der Waals surface area (Å²) in [6.07, 6.45) is 0.745.